The number of rotatable bonds is 3. The van der Waals surface area contributed by atoms with Crippen LogP contribution in [0.4, 0.5) is 4.39 Å². The Bertz CT molecular complexity index is 438. The predicted octanol–water partition coefficient (Wildman–Crippen LogP) is 2.91. The Morgan fingerprint density at radius 1 is 1.33 bits per heavy atom. The summed E-state index contributed by atoms with van der Waals surface area (Å²) in [6, 6.07) is 6.24. The molecule has 0 radical (unpaired) electrons. The van der Waals surface area contributed by atoms with Crippen LogP contribution in [-0.2, 0) is 6.54 Å². The van der Waals surface area contributed by atoms with E-state index < -0.39 is 0 Å². The standard InChI is InChI=1S/C14H18BrFN2/c15-12-8-11(16)4-3-10(12)9-17-13-5-7-18-6-1-2-14(13)18/h3-4,8,13-14,17H,1-2,5-7,9H2. The second kappa shape index (κ2) is 5.27. The van der Waals surface area contributed by atoms with Crippen molar-refractivity contribution in [3.63, 3.8) is 0 Å². The molecule has 2 heterocycles. The topological polar surface area (TPSA) is 15.3 Å². The first-order chi connectivity index (χ1) is 8.74. The minimum Gasteiger partial charge on any atom is -0.308 e. The van der Waals surface area contributed by atoms with Crippen molar-refractivity contribution >= 4 is 15.9 Å². The molecular formula is C14H18BrFN2. The maximum Gasteiger partial charge on any atom is 0.124 e. The number of nitrogens with one attached hydrogen (secondary N) is 1. The fourth-order valence-electron chi connectivity index (χ4n) is 3.23. The molecule has 0 spiro atoms. The number of benzene rings is 1. The van der Waals surface area contributed by atoms with Gasteiger partial charge in [0.15, 0.2) is 0 Å². The largest absolute Gasteiger partial charge is 0.308 e. The van der Waals surface area contributed by atoms with Crippen LogP contribution in [0.5, 0.6) is 0 Å². The van der Waals surface area contributed by atoms with Crippen LogP contribution >= 0.6 is 15.9 Å². The van der Waals surface area contributed by atoms with Crippen molar-refractivity contribution in [2.45, 2.75) is 37.9 Å². The first-order valence-electron chi connectivity index (χ1n) is 6.65. The van der Waals surface area contributed by atoms with E-state index in [9.17, 15) is 4.39 Å². The zero-order valence-electron chi connectivity index (χ0n) is 10.3. The van der Waals surface area contributed by atoms with Gasteiger partial charge < -0.3 is 5.32 Å². The molecule has 3 rings (SSSR count). The van der Waals surface area contributed by atoms with Crippen molar-refractivity contribution in [3.8, 4) is 0 Å². The maximum atomic E-state index is 13.0. The first-order valence-corrected chi connectivity index (χ1v) is 7.45. The van der Waals surface area contributed by atoms with Crippen molar-refractivity contribution in [2.24, 2.45) is 0 Å². The summed E-state index contributed by atoms with van der Waals surface area (Å²) in [6.45, 7) is 3.31. The normalized spacial score (nSPS) is 27.7. The molecule has 0 amide bonds. The van der Waals surface area contributed by atoms with Crippen LogP contribution in [0.15, 0.2) is 22.7 Å². The van der Waals surface area contributed by atoms with Crippen LogP contribution in [0.25, 0.3) is 0 Å². The summed E-state index contributed by atoms with van der Waals surface area (Å²) in [6.07, 6.45) is 3.90. The van der Waals surface area contributed by atoms with E-state index in [4.69, 9.17) is 0 Å². The molecule has 1 aromatic rings. The van der Waals surface area contributed by atoms with Gasteiger partial charge in [0, 0.05) is 29.6 Å². The Morgan fingerprint density at radius 3 is 3.06 bits per heavy atom. The Morgan fingerprint density at radius 2 is 2.22 bits per heavy atom. The second-order valence-electron chi connectivity index (χ2n) is 5.26. The lowest BCUT2D eigenvalue weighted by Gasteiger charge is -2.21. The molecule has 1 aromatic carbocycles. The molecule has 98 valence electrons. The highest BCUT2D eigenvalue weighted by molar-refractivity contribution is 9.10. The van der Waals surface area contributed by atoms with Gasteiger partial charge in [-0.2, -0.15) is 0 Å². The van der Waals surface area contributed by atoms with Crippen LogP contribution in [0, 0.1) is 5.82 Å². The minimum absolute atomic E-state index is 0.187. The van der Waals surface area contributed by atoms with Gasteiger partial charge in [-0.05, 0) is 43.5 Å². The third-order valence-corrected chi connectivity index (χ3v) is 4.91. The van der Waals surface area contributed by atoms with Crippen LogP contribution in [-0.4, -0.2) is 30.1 Å². The molecule has 2 aliphatic rings. The Hall–Kier alpha value is -0.450. The lowest BCUT2D eigenvalue weighted by Crippen LogP contribution is -2.38. The molecule has 2 atom stereocenters. The van der Waals surface area contributed by atoms with Crippen molar-refractivity contribution < 1.29 is 4.39 Å². The molecule has 2 saturated heterocycles. The van der Waals surface area contributed by atoms with Gasteiger partial charge >= 0.3 is 0 Å². The van der Waals surface area contributed by atoms with Gasteiger partial charge in [0.2, 0.25) is 0 Å². The monoisotopic (exact) mass is 312 g/mol. The third-order valence-electron chi connectivity index (χ3n) is 4.18. The Balaban J connectivity index is 1.61. The Labute approximate surface area is 116 Å². The van der Waals surface area contributed by atoms with Gasteiger partial charge in [-0.1, -0.05) is 22.0 Å². The minimum atomic E-state index is -0.187. The lowest BCUT2D eigenvalue weighted by molar-refractivity contribution is 0.298. The quantitative estimate of drug-likeness (QED) is 0.923. The number of hydrogen-bond acceptors (Lipinski definition) is 2. The molecule has 2 nitrogen and oxygen atoms in total. The second-order valence-corrected chi connectivity index (χ2v) is 6.11. The SMILES string of the molecule is Fc1ccc(CNC2CCN3CCCC23)c(Br)c1. The molecule has 4 heteroatoms. The van der Waals surface area contributed by atoms with Crippen molar-refractivity contribution in [1.29, 1.82) is 0 Å². The van der Waals surface area contributed by atoms with E-state index in [1.165, 1.54) is 44.5 Å². The van der Waals surface area contributed by atoms with Crippen molar-refractivity contribution in [1.82, 2.24) is 10.2 Å². The van der Waals surface area contributed by atoms with Gasteiger partial charge in [-0.15, -0.1) is 0 Å². The summed E-state index contributed by atoms with van der Waals surface area (Å²) in [5.74, 6) is -0.187. The summed E-state index contributed by atoms with van der Waals surface area (Å²) in [5.41, 5.74) is 1.13. The number of fused-ring (bicyclic) bond motifs is 1. The van der Waals surface area contributed by atoms with Gasteiger partial charge in [0.1, 0.15) is 5.82 Å². The van der Waals surface area contributed by atoms with E-state index >= 15 is 0 Å². The summed E-state index contributed by atoms with van der Waals surface area (Å²) < 4.78 is 13.9. The average molecular weight is 313 g/mol. The van der Waals surface area contributed by atoms with Gasteiger partial charge in [-0.3, -0.25) is 4.90 Å². The zero-order chi connectivity index (χ0) is 12.5. The molecule has 18 heavy (non-hydrogen) atoms. The highest BCUT2D eigenvalue weighted by Gasteiger charge is 2.36. The van der Waals surface area contributed by atoms with E-state index in [2.05, 4.69) is 26.1 Å². The van der Waals surface area contributed by atoms with Gasteiger partial charge in [0.25, 0.3) is 0 Å². The van der Waals surface area contributed by atoms with E-state index in [1.807, 2.05) is 6.07 Å². The molecule has 2 fully saturated rings. The highest BCUT2D eigenvalue weighted by Crippen LogP contribution is 2.28. The molecular weight excluding hydrogens is 295 g/mol. The van der Waals surface area contributed by atoms with Crippen LogP contribution < -0.4 is 5.32 Å². The van der Waals surface area contributed by atoms with Crippen LogP contribution in [0.3, 0.4) is 0 Å². The van der Waals surface area contributed by atoms with Gasteiger partial charge in [0.05, 0.1) is 0 Å². The van der Waals surface area contributed by atoms with E-state index in [-0.39, 0.29) is 5.82 Å². The molecule has 0 saturated carbocycles. The Kier molecular flexibility index (Phi) is 3.68. The van der Waals surface area contributed by atoms with E-state index in [0.717, 1.165) is 22.6 Å². The van der Waals surface area contributed by atoms with Gasteiger partial charge in [-0.25, -0.2) is 4.39 Å². The summed E-state index contributed by atoms with van der Waals surface area (Å²) in [5, 5.41) is 3.64. The summed E-state index contributed by atoms with van der Waals surface area (Å²) in [4.78, 5) is 2.59. The molecule has 0 aliphatic carbocycles. The molecule has 1 N–H and O–H groups in total. The number of hydrogen-bond donors (Lipinski definition) is 1. The summed E-state index contributed by atoms with van der Waals surface area (Å²) >= 11 is 3.42. The zero-order valence-corrected chi connectivity index (χ0v) is 11.9. The molecule has 2 unspecified atom stereocenters. The maximum absolute atomic E-state index is 13.0. The molecule has 0 aromatic heterocycles. The predicted molar refractivity (Wildman–Crippen MR) is 73.9 cm³/mol. The van der Waals surface area contributed by atoms with Crippen molar-refractivity contribution in [3.05, 3.63) is 34.1 Å². The third kappa shape index (κ3) is 2.46. The smallest absolute Gasteiger partial charge is 0.124 e. The first kappa shape index (κ1) is 12.6. The fourth-order valence-corrected chi connectivity index (χ4v) is 3.72. The number of nitrogens with zero attached hydrogens (tertiary/aromatic N) is 1. The number of halogens is 2. The summed E-state index contributed by atoms with van der Waals surface area (Å²) in [7, 11) is 0. The average Bonchev–Trinajstić information content (AvgIpc) is 2.91. The molecule has 2 aliphatic heterocycles. The van der Waals surface area contributed by atoms with E-state index in [0.29, 0.717) is 6.04 Å². The van der Waals surface area contributed by atoms with Crippen molar-refractivity contribution in [2.75, 3.05) is 13.1 Å². The van der Waals surface area contributed by atoms with E-state index in [1.54, 1.807) is 0 Å². The lowest BCUT2D eigenvalue weighted by atomic mass is 10.1. The fraction of sp³-hybridized carbons (Fsp3) is 0.571. The van der Waals surface area contributed by atoms with Crippen LogP contribution in [0.2, 0.25) is 0 Å². The van der Waals surface area contributed by atoms with Crippen LogP contribution in [0.1, 0.15) is 24.8 Å². The highest BCUT2D eigenvalue weighted by atomic mass is 79.9. The molecule has 0 bridgehead atoms.